The minimum Gasteiger partial charge on any atom is -0.352 e. The van der Waals surface area contributed by atoms with Crippen molar-refractivity contribution in [1.82, 2.24) is 15.1 Å². The first-order valence-corrected chi connectivity index (χ1v) is 13.6. The molecule has 0 spiro atoms. The lowest BCUT2D eigenvalue weighted by Crippen LogP contribution is -2.53. The van der Waals surface area contributed by atoms with Crippen LogP contribution in [0.4, 0.5) is 0 Å². The number of allylic oxidation sites excluding steroid dienone is 2. The lowest BCUT2D eigenvalue weighted by Gasteiger charge is -2.33. The van der Waals surface area contributed by atoms with Crippen molar-refractivity contribution in [3.05, 3.63) is 48.0 Å². The molecule has 3 atom stereocenters. The zero-order valence-electron chi connectivity index (χ0n) is 21.4. The van der Waals surface area contributed by atoms with Crippen molar-refractivity contribution in [2.45, 2.75) is 83.2 Å². The van der Waals surface area contributed by atoms with Crippen LogP contribution in [-0.4, -0.2) is 58.6 Å². The molecule has 7 heteroatoms. The van der Waals surface area contributed by atoms with Crippen LogP contribution in [0.3, 0.4) is 0 Å². The third-order valence-corrected chi connectivity index (χ3v) is 7.97. The molecule has 194 valence electrons. The van der Waals surface area contributed by atoms with Crippen molar-refractivity contribution in [3.8, 4) is 0 Å². The number of hydrogen-bond acceptors (Lipinski definition) is 4. The minimum absolute atomic E-state index is 0.0341. The summed E-state index contributed by atoms with van der Waals surface area (Å²) in [6.45, 7) is 2.42. The molecule has 1 heterocycles. The number of hydrogen-bond donors (Lipinski definition) is 1. The topological polar surface area (TPSA) is 86.8 Å². The second-order valence-corrected chi connectivity index (χ2v) is 10.3. The number of likely N-dealkylation sites (tertiary alicyclic amines) is 1. The number of fused-ring (bicyclic) bond motifs is 1. The fourth-order valence-corrected chi connectivity index (χ4v) is 5.88. The number of rotatable bonds is 10. The average molecular weight is 494 g/mol. The highest BCUT2D eigenvalue weighted by Crippen LogP contribution is 2.35. The predicted molar refractivity (Wildman–Crippen MR) is 138 cm³/mol. The highest BCUT2D eigenvalue weighted by atomic mass is 16.2. The van der Waals surface area contributed by atoms with Crippen LogP contribution in [0, 0.1) is 11.8 Å². The van der Waals surface area contributed by atoms with Crippen molar-refractivity contribution in [3.63, 3.8) is 0 Å². The molecule has 0 bridgehead atoms. The maximum absolute atomic E-state index is 13.5. The Bertz CT molecular complexity index is 944. The van der Waals surface area contributed by atoms with Crippen molar-refractivity contribution >= 4 is 23.6 Å². The Hall–Kier alpha value is -2.96. The van der Waals surface area contributed by atoms with Crippen LogP contribution in [0.15, 0.2) is 42.5 Å². The summed E-state index contributed by atoms with van der Waals surface area (Å²) < 4.78 is 0. The Morgan fingerprint density at radius 2 is 1.64 bits per heavy atom. The smallest absolute Gasteiger partial charge is 0.243 e. The van der Waals surface area contributed by atoms with E-state index in [1.807, 2.05) is 49.4 Å². The normalized spacial score (nSPS) is 22.9. The predicted octanol–water partition coefficient (Wildman–Crippen LogP) is 3.63. The zero-order valence-corrected chi connectivity index (χ0v) is 21.4. The second kappa shape index (κ2) is 12.3. The molecule has 0 aromatic heterocycles. The van der Waals surface area contributed by atoms with E-state index >= 15 is 0 Å². The number of carbonyl (C=O) groups excluding carboxylic acids is 4. The van der Waals surface area contributed by atoms with Crippen molar-refractivity contribution in [1.29, 1.82) is 0 Å². The van der Waals surface area contributed by atoms with Crippen LogP contribution in [0.2, 0.25) is 0 Å². The minimum atomic E-state index is -0.570. The van der Waals surface area contributed by atoms with Gasteiger partial charge < -0.3 is 10.2 Å². The molecule has 1 aromatic carbocycles. The summed E-state index contributed by atoms with van der Waals surface area (Å²) in [5.74, 6) is -1.21. The van der Waals surface area contributed by atoms with Crippen LogP contribution >= 0.6 is 0 Å². The number of nitrogens with one attached hydrogen (secondary N) is 1. The van der Waals surface area contributed by atoms with Crippen LogP contribution < -0.4 is 5.32 Å². The zero-order chi connectivity index (χ0) is 25.5. The van der Waals surface area contributed by atoms with E-state index in [9.17, 15) is 19.2 Å². The van der Waals surface area contributed by atoms with Gasteiger partial charge in [0, 0.05) is 25.6 Å². The van der Waals surface area contributed by atoms with Gasteiger partial charge in [-0.05, 0) is 44.1 Å². The van der Waals surface area contributed by atoms with Gasteiger partial charge in [-0.15, -0.1) is 0 Å². The van der Waals surface area contributed by atoms with Gasteiger partial charge in [-0.1, -0.05) is 68.7 Å². The number of nitrogens with zero attached hydrogens (tertiary/aromatic N) is 2. The molecule has 3 aliphatic rings. The van der Waals surface area contributed by atoms with Crippen molar-refractivity contribution in [2.24, 2.45) is 11.8 Å². The van der Waals surface area contributed by atoms with Crippen molar-refractivity contribution < 1.29 is 19.2 Å². The van der Waals surface area contributed by atoms with E-state index in [1.54, 1.807) is 4.90 Å². The summed E-state index contributed by atoms with van der Waals surface area (Å²) in [6.07, 6.45) is 11.7. The molecule has 1 aliphatic heterocycles. The van der Waals surface area contributed by atoms with Gasteiger partial charge in [0.25, 0.3) is 0 Å². The lowest BCUT2D eigenvalue weighted by atomic mass is 9.85. The molecule has 0 unspecified atom stereocenters. The summed E-state index contributed by atoms with van der Waals surface area (Å²) in [5.41, 5.74) is 1.10. The number of benzene rings is 1. The molecular formula is C29H39N3O4. The summed E-state index contributed by atoms with van der Waals surface area (Å²) in [4.78, 5) is 55.5. The standard InChI is InChI=1S/C29H39N3O4/c1-2-25(27(34)30-22-13-7-4-8-14-22)31(19-17-21-11-5-3-6-12-21)26(33)18-20-32-28(35)23-15-9-10-16-24(23)29(32)36/h3,5-6,9-12,22-25H,2,4,7-8,13-20H2,1H3,(H,30,34)/t23-,24+,25-/m0/s1. The van der Waals surface area contributed by atoms with Crippen LogP contribution in [0.5, 0.6) is 0 Å². The number of carbonyl (C=O) groups is 4. The summed E-state index contributed by atoms with van der Waals surface area (Å²) in [6, 6.07) is 9.52. The van der Waals surface area contributed by atoms with E-state index < -0.39 is 6.04 Å². The fourth-order valence-electron chi connectivity index (χ4n) is 5.88. The molecule has 1 N–H and O–H groups in total. The fraction of sp³-hybridized carbons (Fsp3) is 0.586. The Balaban J connectivity index is 1.43. The summed E-state index contributed by atoms with van der Waals surface area (Å²) in [7, 11) is 0. The van der Waals surface area contributed by atoms with Gasteiger partial charge in [-0.25, -0.2) is 0 Å². The van der Waals surface area contributed by atoms with Gasteiger partial charge in [-0.2, -0.15) is 0 Å². The van der Waals surface area contributed by atoms with Crippen LogP contribution in [-0.2, 0) is 25.6 Å². The lowest BCUT2D eigenvalue weighted by molar-refractivity contribution is -0.144. The van der Waals surface area contributed by atoms with Crippen LogP contribution in [0.1, 0.15) is 70.3 Å². The highest BCUT2D eigenvalue weighted by molar-refractivity contribution is 6.05. The van der Waals surface area contributed by atoms with Crippen LogP contribution in [0.25, 0.3) is 0 Å². The van der Waals surface area contributed by atoms with E-state index in [-0.39, 0.29) is 54.5 Å². The summed E-state index contributed by atoms with van der Waals surface area (Å²) in [5, 5.41) is 3.19. The van der Waals surface area contributed by atoms with E-state index in [2.05, 4.69) is 5.32 Å². The SMILES string of the molecule is CC[C@@H](C(=O)NC1CCCCC1)N(CCc1ccccc1)C(=O)CCN1C(=O)[C@H]2CC=CC[C@H]2C1=O. The van der Waals surface area contributed by atoms with Gasteiger partial charge in [0.2, 0.25) is 23.6 Å². The second-order valence-electron chi connectivity index (χ2n) is 10.3. The molecule has 2 aliphatic carbocycles. The quantitative estimate of drug-likeness (QED) is 0.398. The number of imide groups is 1. The molecule has 0 radical (unpaired) electrons. The van der Waals surface area contributed by atoms with Crippen molar-refractivity contribution in [2.75, 3.05) is 13.1 Å². The Labute approximate surface area is 214 Å². The molecule has 1 saturated heterocycles. The van der Waals surface area contributed by atoms with Gasteiger partial charge in [0.1, 0.15) is 6.04 Å². The first kappa shape index (κ1) is 26.1. The molecule has 2 fully saturated rings. The largest absolute Gasteiger partial charge is 0.352 e. The maximum atomic E-state index is 13.5. The van der Waals surface area contributed by atoms with E-state index in [4.69, 9.17) is 0 Å². The Kier molecular flexibility index (Phi) is 8.94. The first-order chi connectivity index (χ1) is 17.5. The maximum Gasteiger partial charge on any atom is 0.243 e. The molecule has 4 amide bonds. The Morgan fingerprint density at radius 1 is 1.00 bits per heavy atom. The highest BCUT2D eigenvalue weighted by Gasteiger charge is 2.47. The molecule has 4 rings (SSSR count). The van der Waals surface area contributed by atoms with Gasteiger partial charge >= 0.3 is 0 Å². The van der Waals surface area contributed by atoms with Gasteiger partial charge in [0.05, 0.1) is 11.8 Å². The summed E-state index contributed by atoms with van der Waals surface area (Å²) >= 11 is 0. The molecule has 1 saturated carbocycles. The third kappa shape index (κ3) is 6.05. The molecule has 1 aromatic rings. The van der Waals surface area contributed by atoms with E-state index in [0.717, 1.165) is 31.2 Å². The molecule has 7 nitrogen and oxygen atoms in total. The third-order valence-electron chi connectivity index (χ3n) is 7.97. The van der Waals surface area contributed by atoms with Gasteiger partial charge in [0.15, 0.2) is 0 Å². The monoisotopic (exact) mass is 493 g/mol. The van der Waals surface area contributed by atoms with Gasteiger partial charge in [-0.3, -0.25) is 24.1 Å². The number of amides is 4. The Morgan fingerprint density at radius 3 is 2.25 bits per heavy atom. The van der Waals surface area contributed by atoms with E-state index in [0.29, 0.717) is 32.2 Å². The first-order valence-electron chi connectivity index (χ1n) is 13.6. The molecular weight excluding hydrogens is 454 g/mol. The van der Waals surface area contributed by atoms with E-state index in [1.165, 1.54) is 11.3 Å². The molecule has 36 heavy (non-hydrogen) atoms. The average Bonchev–Trinajstić information content (AvgIpc) is 3.15.